The molecule has 0 amide bonds. The number of nitrogens with zero attached hydrogens (tertiary/aromatic N) is 2. The molecule has 1 aliphatic carbocycles. The fraction of sp³-hybridized carbons (Fsp3) is 0.556. The number of rotatable bonds is 5. The Bertz CT molecular complexity index is 621. The summed E-state index contributed by atoms with van der Waals surface area (Å²) in [5.74, 6) is 1.51. The molecule has 0 saturated heterocycles. The van der Waals surface area contributed by atoms with Gasteiger partial charge in [-0.15, -0.1) is 0 Å². The number of aliphatic imine (C=N–C) groups is 1. The second-order valence-electron chi connectivity index (χ2n) is 6.03. The fourth-order valence-corrected chi connectivity index (χ4v) is 4.37. The van der Waals surface area contributed by atoms with Crippen molar-refractivity contribution in [3.63, 3.8) is 0 Å². The van der Waals surface area contributed by atoms with Gasteiger partial charge in [-0.1, -0.05) is 25.5 Å². The van der Waals surface area contributed by atoms with Gasteiger partial charge >= 0.3 is 0 Å². The number of benzene rings is 1. The first-order chi connectivity index (χ1) is 11.7. The zero-order valence-electron chi connectivity index (χ0n) is 14.4. The molecule has 6 heteroatoms. The first kappa shape index (κ1) is 18.5. The van der Waals surface area contributed by atoms with E-state index in [0.717, 1.165) is 43.0 Å². The second-order valence-corrected chi connectivity index (χ2v) is 8.04. The highest BCUT2D eigenvalue weighted by molar-refractivity contribution is 7.85. The Morgan fingerprint density at radius 2 is 2.12 bits per heavy atom. The topological polar surface area (TPSA) is 77.3 Å². The smallest absolute Gasteiger partial charge is 0.191 e. The Balaban J connectivity index is 1.85. The van der Waals surface area contributed by atoms with Crippen LogP contribution < -0.4 is 10.6 Å². The highest BCUT2D eigenvalue weighted by atomic mass is 32.2. The third kappa shape index (κ3) is 5.34. The van der Waals surface area contributed by atoms with Crippen molar-refractivity contribution in [3.8, 4) is 6.07 Å². The molecular weight excluding hydrogens is 320 g/mol. The lowest BCUT2D eigenvalue weighted by Crippen LogP contribution is -2.46. The summed E-state index contributed by atoms with van der Waals surface area (Å²) < 4.78 is 12.0. The van der Waals surface area contributed by atoms with E-state index < -0.39 is 10.8 Å². The lowest BCUT2D eigenvalue weighted by atomic mass is 9.95. The fourth-order valence-electron chi connectivity index (χ4n) is 3.02. The van der Waals surface area contributed by atoms with Crippen LogP contribution in [0.1, 0.15) is 43.7 Å². The molecule has 1 fully saturated rings. The summed E-state index contributed by atoms with van der Waals surface area (Å²) in [6.07, 6.45) is 4.21. The maximum Gasteiger partial charge on any atom is 0.191 e. The summed E-state index contributed by atoms with van der Waals surface area (Å²) in [6, 6.07) is 9.97. The monoisotopic (exact) mass is 346 g/mol. The third-order valence-electron chi connectivity index (χ3n) is 4.39. The van der Waals surface area contributed by atoms with Gasteiger partial charge in [0.1, 0.15) is 0 Å². The molecule has 0 aromatic heterocycles. The zero-order chi connectivity index (χ0) is 17.4. The van der Waals surface area contributed by atoms with Crippen molar-refractivity contribution in [2.75, 3.05) is 12.8 Å². The zero-order valence-corrected chi connectivity index (χ0v) is 15.2. The first-order valence-electron chi connectivity index (χ1n) is 8.49. The van der Waals surface area contributed by atoms with Gasteiger partial charge in [0.2, 0.25) is 0 Å². The number of hydrogen-bond donors (Lipinski definition) is 2. The van der Waals surface area contributed by atoms with Gasteiger partial charge < -0.3 is 10.6 Å². The van der Waals surface area contributed by atoms with Crippen LogP contribution in [0, 0.1) is 11.3 Å². The number of hydrogen-bond acceptors (Lipinski definition) is 3. The predicted molar refractivity (Wildman–Crippen MR) is 99.2 cm³/mol. The van der Waals surface area contributed by atoms with E-state index in [1.165, 1.54) is 0 Å². The Kier molecular flexibility index (Phi) is 7.26. The SMILES string of the molecule is CCS(=O)C1CCCC(NC(=NC)NCc2ccc(C#N)cc2)C1. The molecule has 1 saturated carbocycles. The van der Waals surface area contributed by atoms with Gasteiger partial charge in [-0.2, -0.15) is 5.26 Å². The quantitative estimate of drug-likeness (QED) is 0.633. The third-order valence-corrected chi connectivity index (χ3v) is 6.13. The van der Waals surface area contributed by atoms with E-state index in [-0.39, 0.29) is 0 Å². The average molecular weight is 347 g/mol. The second kappa shape index (κ2) is 9.43. The summed E-state index contributed by atoms with van der Waals surface area (Å²) >= 11 is 0. The molecule has 1 aromatic carbocycles. The Morgan fingerprint density at radius 3 is 2.75 bits per heavy atom. The minimum Gasteiger partial charge on any atom is -0.354 e. The summed E-state index contributed by atoms with van der Waals surface area (Å²) in [4.78, 5) is 4.29. The molecule has 5 nitrogen and oxygen atoms in total. The van der Waals surface area contributed by atoms with Crippen LogP contribution in [-0.4, -0.2) is 34.3 Å². The Morgan fingerprint density at radius 1 is 1.38 bits per heavy atom. The molecule has 0 aliphatic heterocycles. The van der Waals surface area contributed by atoms with E-state index in [4.69, 9.17) is 5.26 Å². The van der Waals surface area contributed by atoms with Gasteiger partial charge in [-0.3, -0.25) is 9.20 Å². The van der Waals surface area contributed by atoms with Crippen LogP contribution >= 0.6 is 0 Å². The number of guanidine groups is 1. The predicted octanol–water partition coefficient (Wildman–Crippen LogP) is 2.30. The van der Waals surface area contributed by atoms with Crippen molar-refractivity contribution in [1.82, 2.24) is 10.6 Å². The minimum atomic E-state index is -0.714. The molecule has 0 radical (unpaired) electrons. The van der Waals surface area contributed by atoms with Crippen molar-refractivity contribution in [3.05, 3.63) is 35.4 Å². The van der Waals surface area contributed by atoms with E-state index in [2.05, 4.69) is 21.7 Å². The summed E-state index contributed by atoms with van der Waals surface area (Å²) in [5, 5.41) is 15.9. The maximum atomic E-state index is 12.0. The first-order valence-corrected chi connectivity index (χ1v) is 9.87. The van der Waals surface area contributed by atoms with Crippen LogP contribution in [0.15, 0.2) is 29.3 Å². The van der Waals surface area contributed by atoms with Crippen LogP contribution in [0.2, 0.25) is 0 Å². The standard InChI is InChI=1S/C18H26N4OS/c1-3-24(23)17-6-4-5-16(11-17)22-18(20-2)21-13-15-9-7-14(12-19)8-10-15/h7-10,16-17H,3-6,11,13H2,1-2H3,(H2,20,21,22). The van der Waals surface area contributed by atoms with E-state index in [9.17, 15) is 4.21 Å². The van der Waals surface area contributed by atoms with E-state index in [1.54, 1.807) is 7.05 Å². The molecule has 2 N–H and O–H groups in total. The van der Waals surface area contributed by atoms with Crippen LogP contribution in [0.5, 0.6) is 0 Å². The summed E-state index contributed by atoms with van der Waals surface area (Å²) in [5.41, 5.74) is 1.77. The van der Waals surface area contributed by atoms with Crippen LogP contribution in [-0.2, 0) is 17.3 Å². The Hall–Kier alpha value is -1.87. The van der Waals surface area contributed by atoms with Crippen molar-refractivity contribution in [2.24, 2.45) is 4.99 Å². The van der Waals surface area contributed by atoms with Gasteiger partial charge in [-0.25, -0.2) is 0 Å². The minimum absolute atomic E-state index is 0.304. The van der Waals surface area contributed by atoms with E-state index in [1.807, 2.05) is 31.2 Å². The van der Waals surface area contributed by atoms with Gasteiger partial charge in [0.15, 0.2) is 5.96 Å². The van der Waals surface area contributed by atoms with Crippen LogP contribution in [0.3, 0.4) is 0 Å². The lowest BCUT2D eigenvalue weighted by Gasteiger charge is -2.30. The van der Waals surface area contributed by atoms with Gasteiger partial charge in [0, 0.05) is 41.4 Å². The van der Waals surface area contributed by atoms with Crippen LogP contribution in [0.4, 0.5) is 0 Å². The number of nitrogens with one attached hydrogen (secondary N) is 2. The molecule has 130 valence electrons. The van der Waals surface area contributed by atoms with Gasteiger partial charge in [-0.05, 0) is 37.0 Å². The summed E-state index contributed by atoms with van der Waals surface area (Å²) in [6.45, 7) is 2.65. The average Bonchev–Trinajstić information content (AvgIpc) is 2.65. The van der Waals surface area contributed by atoms with Gasteiger partial charge in [0.05, 0.1) is 11.6 Å². The molecule has 1 aromatic rings. The highest BCUT2D eigenvalue weighted by Gasteiger charge is 2.25. The van der Waals surface area contributed by atoms with Crippen molar-refractivity contribution >= 4 is 16.8 Å². The molecule has 24 heavy (non-hydrogen) atoms. The van der Waals surface area contributed by atoms with Crippen molar-refractivity contribution in [2.45, 2.75) is 50.4 Å². The van der Waals surface area contributed by atoms with E-state index >= 15 is 0 Å². The van der Waals surface area contributed by atoms with E-state index in [0.29, 0.717) is 23.4 Å². The Labute approximate surface area is 147 Å². The largest absolute Gasteiger partial charge is 0.354 e. The lowest BCUT2D eigenvalue weighted by molar-refractivity contribution is 0.413. The van der Waals surface area contributed by atoms with Gasteiger partial charge in [0.25, 0.3) is 0 Å². The summed E-state index contributed by atoms with van der Waals surface area (Å²) in [7, 11) is 1.05. The maximum absolute atomic E-state index is 12.0. The molecule has 0 heterocycles. The van der Waals surface area contributed by atoms with Crippen molar-refractivity contribution in [1.29, 1.82) is 5.26 Å². The molecule has 2 rings (SSSR count). The van der Waals surface area contributed by atoms with Crippen molar-refractivity contribution < 1.29 is 4.21 Å². The normalized spacial score (nSPS) is 22.5. The molecule has 0 bridgehead atoms. The number of nitriles is 1. The van der Waals surface area contributed by atoms with Crippen LogP contribution in [0.25, 0.3) is 0 Å². The highest BCUT2D eigenvalue weighted by Crippen LogP contribution is 2.22. The molecule has 0 spiro atoms. The molecule has 3 unspecified atom stereocenters. The molecule has 1 aliphatic rings. The molecular formula is C18H26N4OS. The molecule has 3 atom stereocenters.